The lowest BCUT2D eigenvalue weighted by Gasteiger charge is -2.31. The van der Waals surface area contributed by atoms with Crippen LogP contribution in [-0.4, -0.2) is 41.1 Å². The Morgan fingerprint density at radius 1 is 1.32 bits per heavy atom. The minimum atomic E-state index is -3.04. The van der Waals surface area contributed by atoms with Crippen molar-refractivity contribution in [1.82, 2.24) is 13.9 Å². The average Bonchev–Trinajstić information content (AvgIpc) is 2.94. The zero-order chi connectivity index (χ0) is 16.2. The van der Waals surface area contributed by atoms with Crippen molar-refractivity contribution in [3.05, 3.63) is 18.2 Å². The summed E-state index contributed by atoms with van der Waals surface area (Å²) in [5, 5.41) is 0. The molecule has 0 atom stereocenters. The van der Waals surface area contributed by atoms with Crippen molar-refractivity contribution in [3.8, 4) is 0 Å². The van der Waals surface area contributed by atoms with E-state index in [1.54, 1.807) is 4.31 Å². The molecule has 1 aromatic heterocycles. The monoisotopic (exact) mass is 327 g/mol. The number of hydrogen-bond acceptors (Lipinski definition) is 3. The number of piperidine rings is 1. The largest absolute Gasteiger partial charge is 0.334 e. The van der Waals surface area contributed by atoms with Gasteiger partial charge in [-0.15, -0.1) is 0 Å². The number of rotatable bonds is 7. The molecule has 2 heterocycles. The van der Waals surface area contributed by atoms with Crippen LogP contribution in [0.15, 0.2) is 12.4 Å². The van der Waals surface area contributed by atoms with Gasteiger partial charge in [0.15, 0.2) is 0 Å². The second-order valence-electron chi connectivity index (χ2n) is 6.60. The van der Waals surface area contributed by atoms with Crippen molar-refractivity contribution in [3.63, 3.8) is 0 Å². The van der Waals surface area contributed by atoms with Gasteiger partial charge in [-0.25, -0.2) is 17.7 Å². The van der Waals surface area contributed by atoms with Crippen molar-refractivity contribution in [2.24, 2.45) is 5.92 Å². The Kier molecular flexibility index (Phi) is 6.03. The maximum atomic E-state index is 12.2. The van der Waals surface area contributed by atoms with Crippen LogP contribution in [0.5, 0.6) is 0 Å². The molecule has 0 aromatic carbocycles. The molecule has 1 saturated heterocycles. The molecule has 1 aliphatic heterocycles. The summed E-state index contributed by atoms with van der Waals surface area (Å²) < 4.78 is 28.4. The normalized spacial score (nSPS) is 18.2. The van der Waals surface area contributed by atoms with Crippen LogP contribution in [0.1, 0.15) is 58.2 Å². The molecule has 1 fully saturated rings. The van der Waals surface area contributed by atoms with Gasteiger partial charge >= 0.3 is 0 Å². The molecule has 2 rings (SSSR count). The number of unbranched alkanes of at least 4 members (excludes halogenated alkanes) is 1. The number of sulfonamides is 1. The molecule has 1 aliphatic rings. The molecule has 0 aliphatic carbocycles. The van der Waals surface area contributed by atoms with E-state index in [0.29, 0.717) is 30.7 Å². The summed E-state index contributed by atoms with van der Waals surface area (Å²) in [6, 6.07) is 0. The number of nitrogens with zero attached hydrogens (tertiary/aromatic N) is 3. The first kappa shape index (κ1) is 17.5. The lowest BCUT2D eigenvalue weighted by atomic mass is 9.98. The Bertz CT molecular complexity index is 558. The van der Waals surface area contributed by atoms with Gasteiger partial charge in [-0.2, -0.15) is 0 Å². The van der Waals surface area contributed by atoms with Gasteiger partial charge in [0.05, 0.1) is 5.75 Å². The molecule has 126 valence electrons. The van der Waals surface area contributed by atoms with Gasteiger partial charge in [0.2, 0.25) is 10.0 Å². The van der Waals surface area contributed by atoms with E-state index in [-0.39, 0.29) is 0 Å². The molecular formula is C16H29N3O2S. The van der Waals surface area contributed by atoms with Crippen LogP contribution >= 0.6 is 0 Å². The molecule has 0 unspecified atom stereocenters. The van der Waals surface area contributed by atoms with Crippen molar-refractivity contribution in [2.45, 2.75) is 58.9 Å². The average molecular weight is 327 g/mol. The minimum absolute atomic E-state index is 0.299. The van der Waals surface area contributed by atoms with Crippen LogP contribution < -0.4 is 0 Å². The van der Waals surface area contributed by atoms with Crippen LogP contribution in [0.4, 0.5) is 0 Å². The van der Waals surface area contributed by atoms with E-state index >= 15 is 0 Å². The van der Waals surface area contributed by atoms with Gasteiger partial charge in [-0.3, -0.25) is 0 Å². The third-order valence-electron chi connectivity index (χ3n) is 4.44. The van der Waals surface area contributed by atoms with E-state index in [9.17, 15) is 8.42 Å². The third kappa shape index (κ3) is 4.32. The van der Waals surface area contributed by atoms with Crippen LogP contribution in [0.25, 0.3) is 0 Å². The lowest BCUT2D eigenvalue weighted by molar-refractivity contribution is 0.251. The Morgan fingerprint density at radius 3 is 2.59 bits per heavy atom. The van der Waals surface area contributed by atoms with Crippen molar-refractivity contribution >= 4 is 10.0 Å². The number of hydrogen-bond donors (Lipinski definition) is 0. The van der Waals surface area contributed by atoms with Gasteiger partial charge in [-0.1, -0.05) is 27.2 Å². The van der Waals surface area contributed by atoms with Gasteiger partial charge in [0.1, 0.15) is 5.82 Å². The summed E-state index contributed by atoms with van der Waals surface area (Å²) in [6.45, 7) is 8.63. The van der Waals surface area contributed by atoms with Crippen LogP contribution in [0.3, 0.4) is 0 Å². The predicted octanol–water partition coefficient (Wildman–Crippen LogP) is 2.85. The van der Waals surface area contributed by atoms with Crippen molar-refractivity contribution < 1.29 is 8.42 Å². The Hall–Kier alpha value is -0.880. The minimum Gasteiger partial charge on any atom is -0.334 e. The zero-order valence-electron chi connectivity index (χ0n) is 14.0. The maximum Gasteiger partial charge on any atom is 0.214 e. The molecule has 1 aromatic rings. The van der Waals surface area contributed by atoms with Crippen LogP contribution in [-0.2, 0) is 16.6 Å². The highest BCUT2D eigenvalue weighted by Crippen LogP contribution is 2.23. The smallest absolute Gasteiger partial charge is 0.214 e. The third-order valence-corrected chi connectivity index (χ3v) is 6.40. The molecule has 22 heavy (non-hydrogen) atoms. The topological polar surface area (TPSA) is 55.2 Å². The molecular weight excluding hydrogens is 298 g/mol. The molecule has 0 bridgehead atoms. The first-order chi connectivity index (χ1) is 10.4. The lowest BCUT2D eigenvalue weighted by Crippen LogP contribution is -2.40. The summed E-state index contributed by atoms with van der Waals surface area (Å²) in [6.07, 6.45) is 7.48. The van der Waals surface area contributed by atoms with E-state index < -0.39 is 10.0 Å². The van der Waals surface area contributed by atoms with Gasteiger partial charge in [0.25, 0.3) is 0 Å². The zero-order valence-corrected chi connectivity index (χ0v) is 14.8. The Balaban J connectivity index is 1.88. The summed E-state index contributed by atoms with van der Waals surface area (Å²) in [7, 11) is -3.04. The fourth-order valence-corrected chi connectivity index (χ4v) is 4.76. The summed E-state index contributed by atoms with van der Waals surface area (Å²) in [4.78, 5) is 4.43. The van der Waals surface area contributed by atoms with Crippen molar-refractivity contribution in [2.75, 3.05) is 18.8 Å². The molecule has 0 spiro atoms. The second kappa shape index (κ2) is 7.59. The highest BCUT2D eigenvalue weighted by atomic mass is 32.2. The first-order valence-electron chi connectivity index (χ1n) is 8.43. The van der Waals surface area contributed by atoms with E-state index in [2.05, 4.69) is 23.4 Å². The second-order valence-corrected chi connectivity index (χ2v) is 8.69. The molecule has 0 saturated carbocycles. The quantitative estimate of drug-likeness (QED) is 0.774. The molecule has 6 heteroatoms. The molecule has 0 radical (unpaired) electrons. The van der Waals surface area contributed by atoms with Gasteiger partial charge in [0, 0.05) is 37.9 Å². The van der Waals surface area contributed by atoms with Crippen LogP contribution in [0, 0.1) is 5.92 Å². The maximum absolute atomic E-state index is 12.2. The summed E-state index contributed by atoms with van der Waals surface area (Å²) in [5.74, 6) is 2.39. The first-order valence-corrected chi connectivity index (χ1v) is 10.0. The fraction of sp³-hybridized carbons (Fsp3) is 0.812. The molecule has 5 nitrogen and oxygen atoms in total. The fourth-order valence-electron chi connectivity index (χ4n) is 3.08. The molecule has 0 N–H and O–H groups in total. The predicted molar refractivity (Wildman–Crippen MR) is 89.3 cm³/mol. The number of imidazole rings is 1. The van der Waals surface area contributed by atoms with E-state index in [1.807, 2.05) is 19.3 Å². The van der Waals surface area contributed by atoms with Gasteiger partial charge in [-0.05, 0) is 25.2 Å². The van der Waals surface area contributed by atoms with Crippen molar-refractivity contribution in [1.29, 1.82) is 0 Å². The van der Waals surface area contributed by atoms with E-state index in [1.165, 1.54) is 0 Å². The number of aromatic nitrogens is 2. The van der Waals surface area contributed by atoms with Gasteiger partial charge < -0.3 is 4.57 Å². The molecule has 0 amide bonds. The van der Waals surface area contributed by atoms with E-state index in [4.69, 9.17) is 0 Å². The Morgan fingerprint density at radius 2 is 2.00 bits per heavy atom. The summed E-state index contributed by atoms with van der Waals surface area (Å²) >= 11 is 0. The summed E-state index contributed by atoms with van der Waals surface area (Å²) in [5.41, 5.74) is 0. The highest BCUT2D eigenvalue weighted by Gasteiger charge is 2.27. The van der Waals surface area contributed by atoms with E-state index in [0.717, 1.165) is 38.1 Å². The van der Waals surface area contributed by atoms with Crippen LogP contribution in [0.2, 0.25) is 0 Å². The highest BCUT2D eigenvalue weighted by molar-refractivity contribution is 7.89. The SMILES string of the molecule is CCCCS(=O)(=O)N1CCC(Cn2ccnc2C(C)C)CC1. The Labute approximate surface area is 134 Å². The standard InChI is InChI=1S/C16H29N3O2S/c1-4-5-12-22(20,21)19-9-6-15(7-10-19)13-18-11-8-17-16(18)14(2)3/h8,11,14-15H,4-7,9-10,12-13H2,1-3H3.